The van der Waals surface area contributed by atoms with Crippen LogP contribution in [0.25, 0.3) is 0 Å². The molecule has 0 saturated carbocycles. The monoisotopic (exact) mass is 299 g/mol. The van der Waals surface area contributed by atoms with E-state index in [4.69, 9.17) is 4.74 Å². The summed E-state index contributed by atoms with van der Waals surface area (Å²) in [5, 5.41) is 10.9. The lowest BCUT2D eigenvalue weighted by Crippen LogP contribution is -2.12. The minimum Gasteiger partial charge on any atom is -0.434 e. The van der Waals surface area contributed by atoms with Gasteiger partial charge in [-0.1, -0.05) is 0 Å². The van der Waals surface area contributed by atoms with Gasteiger partial charge in [0, 0.05) is 0 Å². The lowest BCUT2D eigenvalue weighted by Gasteiger charge is -2.07. The zero-order valence-electron chi connectivity index (χ0n) is 11.4. The standard InChI is InChI=1S/C12H13NO8/c1-3-18-11(14)20-8-5-6-10(9(7-8)13(16)17)21-12(15)19-4-2/h5-7H,3-4H2,1-2H3. The zero-order chi connectivity index (χ0) is 15.8. The number of nitro groups is 1. The number of hydrogen-bond acceptors (Lipinski definition) is 8. The predicted molar refractivity (Wildman–Crippen MR) is 68.4 cm³/mol. The molecule has 0 unspecified atom stereocenters. The Labute approximate surface area is 119 Å². The third-order valence-corrected chi connectivity index (χ3v) is 2.05. The Kier molecular flexibility index (Phi) is 5.93. The quantitative estimate of drug-likeness (QED) is 0.353. The maximum absolute atomic E-state index is 11.2. The van der Waals surface area contributed by atoms with Crippen molar-refractivity contribution in [2.45, 2.75) is 13.8 Å². The molecular weight excluding hydrogens is 286 g/mol. The van der Waals surface area contributed by atoms with Gasteiger partial charge in [-0.2, -0.15) is 0 Å². The molecule has 21 heavy (non-hydrogen) atoms. The van der Waals surface area contributed by atoms with Gasteiger partial charge in [0.15, 0.2) is 0 Å². The Morgan fingerprint density at radius 1 is 1.10 bits per heavy atom. The van der Waals surface area contributed by atoms with Crippen LogP contribution in [0.1, 0.15) is 13.8 Å². The first-order chi connectivity index (χ1) is 9.97. The van der Waals surface area contributed by atoms with Crippen molar-refractivity contribution in [1.82, 2.24) is 0 Å². The predicted octanol–water partition coefficient (Wildman–Crippen LogP) is 2.67. The largest absolute Gasteiger partial charge is 0.514 e. The van der Waals surface area contributed by atoms with E-state index in [1.165, 1.54) is 6.07 Å². The van der Waals surface area contributed by atoms with E-state index in [0.717, 1.165) is 12.1 Å². The molecule has 0 heterocycles. The molecule has 0 saturated heterocycles. The highest BCUT2D eigenvalue weighted by Crippen LogP contribution is 2.31. The van der Waals surface area contributed by atoms with E-state index in [0.29, 0.717) is 0 Å². The average molecular weight is 299 g/mol. The average Bonchev–Trinajstić information content (AvgIpc) is 2.40. The normalized spacial score (nSPS) is 9.62. The van der Waals surface area contributed by atoms with E-state index in [1.54, 1.807) is 13.8 Å². The Morgan fingerprint density at radius 3 is 2.19 bits per heavy atom. The molecular formula is C12H13NO8. The molecule has 9 heteroatoms. The summed E-state index contributed by atoms with van der Waals surface area (Å²) in [6.07, 6.45) is -2.06. The lowest BCUT2D eigenvalue weighted by molar-refractivity contribution is -0.385. The summed E-state index contributed by atoms with van der Waals surface area (Å²) < 4.78 is 18.5. The van der Waals surface area contributed by atoms with Crippen LogP contribution in [0.5, 0.6) is 11.5 Å². The number of hydrogen-bond donors (Lipinski definition) is 0. The molecule has 0 aliphatic heterocycles. The van der Waals surface area contributed by atoms with Crippen molar-refractivity contribution in [3.8, 4) is 11.5 Å². The summed E-state index contributed by atoms with van der Waals surface area (Å²) >= 11 is 0. The Morgan fingerprint density at radius 2 is 1.67 bits per heavy atom. The zero-order valence-corrected chi connectivity index (χ0v) is 11.4. The maximum atomic E-state index is 11.2. The van der Waals surface area contributed by atoms with Crippen molar-refractivity contribution >= 4 is 18.0 Å². The van der Waals surface area contributed by atoms with Crippen molar-refractivity contribution in [3.05, 3.63) is 28.3 Å². The maximum Gasteiger partial charge on any atom is 0.514 e. The molecule has 0 bridgehead atoms. The number of carbonyl (C=O) groups is 2. The first kappa shape index (κ1) is 16.2. The highest BCUT2D eigenvalue weighted by Gasteiger charge is 2.21. The number of carbonyl (C=O) groups excluding carboxylic acids is 2. The van der Waals surface area contributed by atoms with Crippen LogP contribution >= 0.6 is 0 Å². The second kappa shape index (κ2) is 7.68. The van der Waals surface area contributed by atoms with Gasteiger partial charge >= 0.3 is 18.0 Å². The van der Waals surface area contributed by atoms with Gasteiger partial charge in [-0.3, -0.25) is 10.1 Å². The summed E-state index contributed by atoms with van der Waals surface area (Å²) in [6.45, 7) is 3.31. The van der Waals surface area contributed by atoms with E-state index in [2.05, 4.69) is 14.2 Å². The number of benzene rings is 1. The minimum absolute atomic E-state index is 0.0662. The van der Waals surface area contributed by atoms with Crippen molar-refractivity contribution in [1.29, 1.82) is 0 Å². The molecule has 0 amide bonds. The van der Waals surface area contributed by atoms with E-state index in [9.17, 15) is 19.7 Å². The molecule has 0 aromatic heterocycles. The number of nitrogens with zero attached hydrogens (tertiary/aromatic N) is 1. The number of nitro benzene ring substituents is 1. The van der Waals surface area contributed by atoms with Crippen LogP contribution in [0.3, 0.4) is 0 Å². The molecule has 1 aromatic rings. The summed E-state index contributed by atoms with van der Waals surface area (Å²) in [4.78, 5) is 32.4. The summed E-state index contributed by atoms with van der Waals surface area (Å²) in [7, 11) is 0. The summed E-state index contributed by atoms with van der Waals surface area (Å²) in [6, 6.07) is 3.27. The fraction of sp³-hybridized carbons (Fsp3) is 0.333. The van der Waals surface area contributed by atoms with Gasteiger partial charge in [-0.05, 0) is 26.0 Å². The highest BCUT2D eigenvalue weighted by molar-refractivity contribution is 5.68. The SMILES string of the molecule is CCOC(=O)Oc1ccc(OC(=O)OCC)c([N+](=O)[O-])c1. The summed E-state index contributed by atoms with van der Waals surface area (Å²) in [5.74, 6) is -0.439. The third-order valence-electron chi connectivity index (χ3n) is 2.05. The van der Waals surface area contributed by atoms with Crippen LogP contribution in [0.2, 0.25) is 0 Å². The van der Waals surface area contributed by atoms with E-state index < -0.39 is 22.9 Å². The molecule has 0 spiro atoms. The van der Waals surface area contributed by atoms with Crippen molar-refractivity contribution in [2.24, 2.45) is 0 Å². The molecule has 0 atom stereocenters. The second-order valence-corrected chi connectivity index (χ2v) is 3.46. The van der Waals surface area contributed by atoms with Crippen LogP contribution < -0.4 is 9.47 Å². The van der Waals surface area contributed by atoms with Crippen molar-refractivity contribution < 1.29 is 33.5 Å². The summed E-state index contributed by atoms with van der Waals surface area (Å²) in [5.41, 5.74) is -0.551. The Balaban J connectivity index is 2.94. The Hall–Kier alpha value is -2.84. The molecule has 0 aliphatic carbocycles. The smallest absolute Gasteiger partial charge is 0.434 e. The van der Waals surface area contributed by atoms with Gasteiger partial charge in [0.1, 0.15) is 5.75 Å². The van der Waals surface area contributed by atoms with Crippen LogP contribution in [0.15, 0.2) is 18.2 Å². The molecule has 0 fully saturated rings. The molecule has 0 radical (unpaired) electrons. The second-order valence-electron chi connectivity index (χ2n) is 3.46. The topological polar surface area (TPSA) is 114 Å². The number of ether oxygens (including phenoxy) is 4. The van der Waals surface area contributed by atoms with Gasteiger partial charge in [0.2, 0.25) is 5.75 Å². The first-order valence-electron chi connectivity index (χ1n) is 5.95. The van der Waals surface area contributed by atoms with E-state index in [-0.39, 0.29) is 24.7 Å². The highest BCUT2D eigenvalue weighted by atomic mass is 16.7. The molecule has 1 rings (SSSR count). The lowest BCUT2D eigenvalue weighted by atomic mass is 10.3. The molecule has 1 aromatic carbocycles. The first-order valence-corrected chi connectivity index (χ1v) is 5.95. The molecule has 0 N–H and O–H groups in total. The van der Waals surface area contributed by atoms with Gasteiger partial charge in [-0.15, -0.1) is 0 Å². The van der Waals surface area contributed by atoms with Gasteiger partial charge < -0.3 is 18.9 Å². The Bertz CT molecular complexity index is 542. The molecule has 114 valence electrons. The van der Waals surface area contributed by atoms with Crippen LogP contribution in [-0.4, -0.2) is 30.4 Å². The van der Waals surface area contributed by atoms with Crippen LogP contribution in [-0.2, 0) is 9.47 Å². The van der Waals surface area contributed by atoms with E-state index in [1.807, 2.05) is 0 Å². The van der Waals surface area contributed by atoms with Gasteiger partial charge in [0.05, 0.1) is 24.2 Å². The van der Waals surface area contributed by atoms with E-state index >= 15 is 0 Å². The van der Waals surface area contributed by atoms with Crippen molar-refractivity contribution in [2.75, 3.05) is 13.2 Å². The fourth-order valence-corrected chi connectivity index (χ4v) is 1.27. The molecule has 0 aliphatic rings. The van der Waals surface area contributed by atoms with Crippen LogP contribution in [0.4, 0.5) is 15.3 Å². The third kappa shape index (κ3) is 4.97. The van der Waals surface area contributed by atoms with Crippen molar-refractivity contribution in [3.63, 3.8) is 0 Å². The molecule has 9 nitrogen and oxygen atoms in total. The minimum atomic E-state index is -1.07. The van der Waals surface area contributed by atoms with Gasteiger partial charge in [-0.25, -0.2) is 9.59 Å². The fourth-order valence-electron chi connectivity index (χ4n) is 1.27. The van der Waals surface area contributed by atoms with Crippen LogP contribution in [0, 0.1) is 10.1 Å². The number of rotatable bonds is 5. The van der Waals surface area contributed by atoms with Gasteiger partial charge in [0.25, 0.3) is 0 Å².